The van der Waals surface area contributed by atoms with Crippen LogP contribution in [0.25, 0.3) is 6.08 Å². The maximum absolute atomic E-state index is 12.7. The number of aromatic nitrogens is 3. The predicted octanol–water partition coefficient (Wildman–Crippen LogP) is 6.05. The molecule has 0 spiro atoms. The molecule has 0 radical (unpaired) electrons. The lowest BCUT2D eigenvalue weighted by molar-refractivity contribution is 0.0682. The summed E-state index contributed by atoms with van der Waals surface area (Å²) in [5.74, 6) is 0.128. The first-order valence-electron chi connectivity index (χ1n) is 14.4. The van der Waals surface area contributed by atoms with Crippen molar-refractivity contribution in [3.05, 3.63) is 74.9 Å². The first kappa shape index (κ1) is 27.3. The van der Waals surface area contributed by atoms with E-state index in [1.165, 1.54) is 24.0 Å². The Kier molecular flexibility index (Phi) is 8.56. The topological polar surface area (TPSA) is 78.5 Å². The number of aryl methyl sites for hydroxylation is 3. The largest absolute Gasteiger partial charge is 0.493 e. The Labute approximate surface area is 231 Å². The molecule has 0 unspecified atom stereocenters. The number of aromatic carboxylic acids is 1. The third kappa shape index (κ3) is 5.69. The van der Waals surface area contributed by atoms with Crippen LogP contribution in [0, 0.1) is 6.92 Å². The van der Waals surface area contributed by atoms with Crippen molar-refractivity contribution in [2.24, 2.45) is 7.05 Å². The van der Waals surface area contributed by atoms with E-state index >= 15 is 0 Å². The SMILES string of the molecule is C/C=C\c1c(CCCOc2cccc3c2CCCC3)c(C(=O)O)n2c1Cc1c(C)nn(C)c1COCCCC2. The zero-order chi connectivity index (χ0) is 27.4. The van der Waals surface area contributed by atoms with E-state index in [2.05, 4.69) is 33.9 Å². The molecule has 0 fully saturated rings. The molecule has 0 atom stereocenters. The number of carboxylic acid groups (broad SMARTS) is 1. The molecule has 3 aromatic rings. The molecule has 1 N–H and O–H groups in total. The molecule has 3 heterocycles. The highest BCUT2D eigenvalue weighted by Crippen LogP contribution is 2.32. The smallest absolute Gasteiger partial charge is 0.352 e. The quantitative estimate of drug-likeness (QED) is 0.375. The molecule has 2 aromatic heterocycles. The van der Waals surface area contributed by atoms with Crippen LogP contribution in [0.5, 0.6) is 5.75 Å². The Morgan fingerprint density at radius 1 is 1.15 bits per heavy atom. The summed E-state index contributed by atoms with van der Waals surface area (Å²) in [7, 11) is 1.96. The highest BCUT2D eigenvalue weighted by Gasteiger charge is 2.27. The molecule has 0 saturated heterocycles. The summed E-state index contributed by atoms with van der Waals surface area (Å²) in [5, 5.41) is 15.1. The van der Waals surface area contributed by atoms with Gasteiger partial charge in [-0.1, -0.05) is 24.3 Å². The maximum Gasteiger partial charge on any atom is 0.352 e. The van der Waals surface area contributed by atoms with Crippen LogP contribution < -0.4 is 4.74 Å². The van der Waals surface area contributed by atoms with Gasteiger partial charge in [-0.2, -0.15) is 5.10 Å². The molecule has 0 amide bonds. The molecule has 1 aliphatic carbocycles. The minimum atomic E-state index is -0.866. The van der Waals surface area contributed by atoms with E-state index in [0.29, 0.717) is 44.9 Å². The number of ether oxygens (including phenoxy) is 2. The summed E-state index contributed by atoms with van der Waals surface area (Å²) in [5.41, 5.74) is 9.32. The molecule has 7 nitrogen and oxygen atoms in total. The van der Waals surface area contributed by atoms with Gasteiger partial charge in [0.2, 0.25) is 0 Å². The van der Waals surface area contributed by atoms with Gasteiger partial charge in [0.15, 0.2) is 0 Å². The maximum atomic E-state index is 12.7. The molecule has 2 aliphatic rings. The van der Waals surface area contributed by atoms with E-state index in [4.69, 9.17) is 9.47 Å². The van der Waals surface area contributed by atoms with Gasteiger partial charge in [0.25, 0.3) is 0 Å². The third-order valence-electron chi connectivity index (χ3n) is 8.21. The fraction of sp³-hybridized carbons (Fsp3) is 0.500. The van der Waals surface area contributed by atoms with Crippen molar-refractivity contribution in [1.29, 1.82) is 0 Å². The number of hydrogen-bond donors (Lipinski definition) is 1. The summed E-state index contributed by atoms with van der Waals surface area (Å²) < 4.78 is 16.2. The molecule has 39 heavy (non-hydrogen) atoms. The normalized spacial score (nSPS) is 15.9. The van der Waals surface area contributed by atoms with Gasteiger partial charge in [-0.05, 0) is 93.5 Å². The highest BCUT2D eigenvalue weighted by atomic mass is 16.5. The van der Waals surface area contributed by atoms with Crippen LogP contribution in [0.4, 0.5) is 0 Å². The second-order valence-electron chi connectivity index (χ2n) is 10.8. The van der Waals surface area contributed by atoms with E-state index < -0.39 is 5.97 Å². The summed E-state index contributed by atoms with van der Waals surface area (Å²) in [6.07, 6.45) is 12.5. The average Bonchev–Trinajstić information content (AvgIpc) is 3.34. The summed E-state index contributed by atoms with van der Waals surface area (Å²) in [6, 6.07) is 6.38. The minimum absolute atomic E-state index is 0.415. The number of allylic oxidation sites excluding steroid dienone is 1. The van der Waals surface area contributed by atoms with Crippen LogP contribution in [-0.4, -0.2) is 38.6 Å². The number of fused-ring (bicyclic) bond motifs is 3. The molecular formula is C32H41N3O4. The van der Waals surface area contributed by atoms with Gasteiger partial charge in [-0.15, -0.1) is 0 Å². The summed E-state index contributed by atoms with van der Waals surface area (Å²) in [6.45, 7) is 6.42. The van der Waals surface area contributed by atoms with Crippen molar-refractivity contribution in [3.8, 4) is 5.75 Å². The molecule has 0 bridgehead atoms. The van der Waals surface area contributed by atoms with Crippen molar-refractivity contribution >= 4 is 12.0 Å². The Balaban J connectivity index is 1.46. The van der Waals surface area contributed by atoms with E-state index in [9.17, 15) is 9.90 Å². The lowest BCUT2D eigenvalue weighted by atomic mass is 9.91. The fourth-order valence-corrected chi connectivity index (χ4v) is 6.33. The van der Waals surface area contributed by atoms with Gasteiger partial charge in [0.05, 0.1) is 24.6 Å². The van der Waals surface area contributed by atoms with Gasteiger partial charge in [0.1, 0.15) is 11.4 Å². The van der Waals surface area contributed by atoms with Gasteiger partial charge in [-0.3, -0.25) is 4.68 Å². The number of benzene rings is 1. The van der Waals surface area contributed by atoms with Crippen molar-refractivity contribution < 1.29 is 19.4 Å². The van der Waals surface area contributed by atoms with Crippen LogP contribution in [0.15, 0.2) is 24.3 Å². The lowest BCUT2D eigenvalue weighted by Crippen LogP contribution is -2.14. The molecule has 0 saturated carbocycles. The molecule has 1 aliphatic heterocycles. The molecule has 7 heteroatoms. The van der Waals surface area contributed by atoms with E-state index in [-0.39, 0.29) is 0 Å². The van der Waals surface area contributed by atoms with Gasteiger partial charge >= 0.3 is 5.97 Å². The fourth-order valence-electron chi connectivity index (χ4n) is 6.33. The van der Waals surface area contributed by atoms with Gasteiger partial charge in [-0.25, -0.2) is 4.79 Å². The average molecular weight is 532 g/mol. The Bertz CT molecular complexity index is 1360. The van der Waals surface area contributed by atoms with Crippen LogP contribution in [0.2, 0.25) is 0 Å². The van der Waals surface area contributed by atoms with E-state index in [1.54, 1.807) is 0 Å². The zero-order valence-electron chi connectivity index (χ0n) is 23.6. The molecule has 1 aromatic carbocycles. The Morgan fingerprint density at radius 2 is 2.00 bits per heavy atom. The van der Waals surface area contributed by atoms with Crippen LogP contribution in [0.3, 0.4) is 0 Å². The first-order chi connectivity index (χ1) is 19.0. The Morgan fingerprint density at radius 3 is 2.82 bits per heavy atom. The summed E-state index contributed by atoms with van der Waals surface area (Å²) >= 11 is 0. The van der Waals surface area contributed by atoms with Gasteiger partial charge in [0, 0.05) is 37.9 Å². The molecule has 208 valence electrons. The number of nitrogens with zero attached hydrogens (tertiary/aromatic N) is 3. The van der Waals surface area contributed by atoms with Crippen LogP contribution >= 0.6 is 0 Å². The number of carboxylic acids is 1. The molecular weight excluding hydrogens is 490 g/mol. The second kappa shape index (κ2) is 12.2. The van der Waals surface area contributed by atoms with Crippen molar-refractivity contribution in [1.82, 2.24) is 14.3 Å². The van der Waals surface area contributed by atoms with E-state index in [0.717, 1.165) is 71.6 Å². The first-order valence-corrected chi connectivity index (χ1v) is 14.4. The third-order valence-corrected chi connectivity index (χ3v) is 8.21. The second-order valence-corrected chi connectivity index (χ2v) is 10.8. The predicted molar refractivity (Wildman–Crippen MR) is 153 cm³/mol. The highest BCUT2D eigenvalue weighted by molar-refractivity contribution is 5.90. The minimum Gasteiger partial charge on any atom is -0.493 e. The van der Waals surface area contributed by atoms with Crippen molar-refractivity contribution in [3.63, 3.8) is 0 Å². The lowest BCUT2D eigenvalue weighted by Gasteiger charge is -2.19. The number of rotatable bonds is 7. The van der Waals surface area contributed by atoms with Crippen LogP contribution in [0.1, 0.15) is 94.4 Å². The summed E-state index contributed by atoms with van der Waals surface area (Å²) in [4.78, 5) is 12.7. The number of hydrogen-bond acceptors (Lipinski definition) is 4. The molecule has 5 rings (SSSR count). The number of carbonyl (C=O) groups is 1. The Hall–Kier alpha value is -3.32. The zero-order valence-corrected chi connectivity index (χ0v) is 23.6. The van der Waals surface area contributed by atoms with Gasteiger partial charge < -0.3 is 19.1 Å². The van der Waals surface area contributed by atoms with Crippen molar-refractivity contribution in [2.75, 3.05) is 13.2 Å². The van der Waals surface area contributed by atoms with Crippen LogP contribution in [-0.2, 0) is 50.6 Å². The van der Waals surface area contributed by atoms with E-state index in [1.807, 2.05) is 31.7 Å². The monoisotopic (exact) mass is 531 g/mol. The van der Waals surface area contributed by atoms with Crippen molar-refractivity contribution in [2.45, 2.75) is 84.8 Å². The standard InChI is InChI=1S/C32H41N3O4/c1-4-11-25-26(15-10-19-39-30-16-9-13-23-12-5-6-14-24(23)30)31(32(36)37)35-17-7-8-18-38-21-29-27(20-28(25)35)22(2)33-34(29)3/h4,9,11,13,16H,5-8,10,12,14-15,17-21H2,1-3H3,(H,36,37)/b11-4-.